The standard InChI is InChI=1S/C17H26O7Si/c1-5-15(18)21-9-12-25(24-8-4,13-10-22-16(19)6-2)14-11-23-17(20)7-3/h5-7H,1-3,8-14H2,4H3. The van der Waals surface area contributed by atoms with E-state index in [-0.39, 0.29) is 19.8 Å². The maximum atomic E-state index is 11.2. The van der Waals surface area contributed by atoms with Crippen molar-refractivity contribution in [1.29, 1.82) is 0 Å². The number of esters is 3. The van der Waals surface area contributed by atoms with E-state index in [4.69, 9.17) is 18.6 Å². The summed E-state index contributed by atoms with van der Waals surface area (Å²) in [6, 6.07) is 1.45. The van der Waals surface area contributed by atoms with Gasteiger partial charge in [-0.25, -0.2) is 14.4 Å². The van der Waals surface area contributed by atoms with Crippen molar-refractivity contribution in [3.05, 3.63) is 38.0 Å². The Kier molecular flexibility index (Phi) is 12.0. The van der Waals surface area contributed by atoms with Gasteiger partial charge in [0.1, 0.15) is 0 Å². The highest BCUT2D eigenvalue weighted by atomic mass is 28.4. The molecule has 0 atom stereocenters. The van der Waals surface area contributed by atoms with Crippen LogP contribution in [0.15, 0.2) is 38.0 Å². The third-order valence-electron chi connectivity index (χ3n) is 3.36. The molecule has 0 saturated heterocycles. The molecule has 0 amide bonds. The van der Waals surface area contributed by atoms with Gasteiger partial charge in [-0.05, 0) is 6.92 Å². The summed E-state index contributed by atoms with van der Waals surface area (Å²) >= 11 is 0. The van der Waals surface area contributed by atoms with Gasteiger partial charge in [-0.15, -0.1) is 0 Å². The van der Waals surface area contributed by atoms with E-state index in [2.05, 4.69) is 19.7 Å². The number of hydrogen-bond donors (Lipinski definition) is 0. The molecule has 0 saturated carbocycles. The first-order valence-corrected chi connectivity index (χ1v) is 10.5. The van der Waals surface area contributed by atoms with Gasteiger partial charge in [-0.1, -0.05) is 19.7 Å². The van der Waals surface area contributed by atoms with Crippen LogP contribution >= 0.6 is 0 Å². The highest BCUT2D eigenvalue weighted by Crippen LogP contribution is 2.23. The second kappa shape index (κ2) is 13.1. The Hall–Kier alpha value is -2.19. The lowest BCUT2D eigenvalue weighted by Crippen LogP contribution is -2.42. The highest BCUT2D eigenvalue weighted by molar-refractivity contribution is 6.74. The Morgan fingerprint density at radius 3 is 1.32 bits per heavy atom. The minimum absolute atomic E-state index is 0.155. The van der Waals surface area contributed by atoms with Crippen LogP contribution in [-0.2, 0) is 33.0 Å². The van der Waals surface area contributed by atoms with Crippen LogP contribution in [0.4, 0.5) is 0 Å². The van der Waals surface area contributed by atoms with Gasteiger partial charge in [0, 0.05) is 43.0 Å². The quantitative estimate of drug-likeness (QED) is 0.200. The highest BCUT2D eigenvalue weighted by Gasteiger charge is 2.35. The number of hydrogen-bond acceptors (Lipinski definition) is 7. The molecule has 0 fully saturated rings. The molecule has 0 aromatic carbocycles. The third kappa shape index (κ3) is 10.3. The summed E-state index contributed by atoms with van der Waals surface area (Å²) in [5.41, 5.74) is 0. The summed E-state index contributed by atoms with van der Waals surface area (Å²) in [5, 5.41) is 0. The zero-order chi connectivity index (χ0) is 19.1. The van der Waals surface area contributed by atoms with Crippen molar-refractivity contribution in [2.45, 2.75) is 25.1 Å². The molecule has 0 N–H and O–H groups in total. The van der Waals surface area contributed by atoms with Crippen molar-refractivity contribution in [1.82, 2.24) is 0 Å². The number of carbonyl (C=O) groups excluding carboxylic acids is 3. The SMILES string of the molecule is C=CC(=O)OCC[Si](CCOC(=O)C=C)(CCOC(=O)C=C)OCC. The normalized spacial score (nSPS) is 10.4. The zero-order valence-electron chi connectivity index (χ0n) is 14.7. The first-order chi connectivity index (χ1) is 11.9. The molecule has 0 aliphatic heterocycles. The van der Waals surface area contributed by atoms with Gasteiger partial charge in [0.25, 0.3) is 0 Å². The summed E-state index contributed by atoms with van der Waals surface area (Å²) in [4.78, 5) is 33.6. The molecule has 140 valence electrons. The van der Waals surface area contributed by atoms with E-state index >= 15 is 0 Å². The molecule has 0 bridgehead atoms. The van der Waals surface area contributed by atoms with Crippen LogP contribution in [-0.4, -0.2) is 52.7 Å². The molecule has 0 aromatic heterocycles. The third-order valence-corrected chi connectivity index (χ3v) is 7.60. The van der Waals surface area contributed by atoms with Crippen LogP contribution in [0.25, 0.3) is 0 Å². The molecular formula is C17H26O7Si. The fourth-order valence-electron chi connectivity index (χ4n) is 2.09. The van der Waals surface area contributed by atoms with Crippen molar-refractivity contribution in [2.24, 2.45) is 0 Å². The van der Waals surface area contributed by atoms with Crippen LogP contribution in [0.1, 0.15) is 6.92 Å². The van der Waals surface area contributed by atoms with Crippen molar-refractivity contribution >= 4 is 26.2 Å². The second-order valence-electron chi connectivity index (χ2n) is 4.98. The van der Waals surface area contributed by atoms with Crippen molar-refractivity contribution in [3.8, 4) is 0 Å². The molecule has 8 heteroatoms. The Balaban J connectivity index is 4.87. The molecule has 0 unspecified atom stereocenters. The Morgan fingerprint density at radius 1 is 0.760 bits per heavy atom. The minimum atomic E-state index is -2.47. The van der Waals surface area contributed by atoms with Gasteiger partial charge in [0.15, 0.2) is 0 Å². The number of carbonyl (C=O) groups is 3. The van der Waals surface area contributed by atoms with Gasteiger partial charge in [0.05, 0.1) is 19.8 Å². The first kappa shape index (κ1) is 22.8. The summed E-state index contributed by atoms with van der Waals surface area (Å²) in [5.74, 6) is -1.55. The maximum absolute atomic E-state index is 11.2. The Morgan fingerprint density at radius 2 is 1.08 bits per heavy atom. The minimum Gasteiger partial charge on any atom is -0.463 e. The van der Waals surface area contributed by atoms with E-state index in [0.29, 0.717) is 24.7 Å². The maximum Gasteiger partial charge on any atom is 0.330 e. The van der Waals surface area contributed by atoms with E-state index in [0.717, 1.165) is 18.2 Å². The van der Waals surface area contributed by atoms with E-state index in [1.807, 2.05) is 6.92 Å². The average Bonchev–Trinajstić information content (AvgIpc) is 2.61. The number of ether oxygens (including phenoxy) is 3. The van der Waals surface area contributed by atoms with Gasteiger partial charge in [-0.2, -0.15) is 0 Å². The van der Waals surface area contributed by atoms with E-state index in [9.17, 15) is 14.4 Å². The molecular weight excluding hydrogens is 344 g/mol. The molecule has 0 aromatic rings. The summed E-state index contributed by atoms with van der Waals surface area (Å²) in [6.45, 7) is 12.8. The second-order valence-corrected chi connectivity index (χ2v) is 9.14. The molecule has 0 spiro atoms. The summed E-state index contributed by atoms with van der Waals surface area (Å²) < 4.78 is 21.1. The average molecular weight is 370 g/mol. The Labute approximate surface area is 149 Å². The summed E-state index contributed by atoms with van der Waals surface area (Å²) in [7, 11) is -2.47. The fraction of sp³-hybridized carbons (Fsp3) is 0.471. The summed E-state index contributed by atoms with van der Waals surface area (Å²) in [6.07, 6.45) is 3.25. The van der Waals surface area contributed by atoms with Crippen LogP contribution < -0.4 is 0 Å². The van der Waals surface area contributed by atoms with Crippen LogP contribution in [0.5, 0.6) is 0 Å². The van der Waals surface area contributed by atoms with Crippen molar-refractivity contribution in [3.63, 3.8) is 0 Å². The van der Waals surface area contributed by atoms with Crippen LogP contribution in [0.3, 0.4) is 0 Å². The van der Waals surface area contributed by atoms with Gasteiger partial charge in [0.2, 0.25) is 8.32 Å². The van der Waals surface area contributed by atoms with E-state index in [1.165, 1.54) is 0 Å². The van der Waals surface area contributed by atoms with Gasteiger partial charge >= 0.3 is 17.9 Å². The zero-order valence-corrected chi connectivity index (χ0v) is 15.7. The monoisotopic (exact) mass is 370 g/mol. The molecule has 0 radical (unpaired) electrons. The molecule has 0 rings (SSSR count). The molecule has 25 heavy (non-hydrogen) atoms. The van der Waals surface area contributed by atoms with E-state index < -0.39 is 26.2 Å². The lowest BCUT2D eigenvalue weighted by Gasteiger charge is -2.30. The lowest BCUT2D eigenvalue weighted by molar-refractivity contribution is -0.137. The van der Waals surface area contributed by atoms with Gasteiger partial charge < -0.3 is 18.6 Å². The fourth-order valence-corrected chi connectivity index (χ4v) is 5.30. The van der Waals surface area contributed by atoms with Gasteiger partial charge in [-0.3, -0.25) is 0 Å². The van der Waals surface area contributed by atoms with E-state index in [1.54, 1.807) is 0 Å². The Bertz CT molecular complexity index is 423. The van der Waals surface area contributed by atoms with Crippen LogP contribution in [0, 0.1) is 0 Å². The molecule has 7 nitrogen and oxygen atoms in total. The van der Waals surface area contributed by atoms with Crippen LogP contribution in [0.2, 0.25) is 18.1 Å². The van der Waals surface area contributed by atoms with Crippen molar-refractivity contribution < 1.29 is 33.0 Å². The smallest absolute Gasteiger partial charge is 0.330 e. The van der Waals surface area contributed by atoms with Crippen molar-refractivity contribution in [2.75, 3.05) is 26.4 Å². The lowest BCUT2D eigenvalue weighted by atomic mass is 10.6. The molecule has 0 aliphatic carbocycles. The number of rotatable bonds is 14. The first-order valence-electron chi connectivity index (χ1n) is 7.94. The predicted molar refractivity (Wildman–Crippen MR) is 95.3 cm³/mol. The predicted octanol–water partition coefficient (Wildman–Crippen LogP) is 2.16. The molecule has 0 heterocycles. The topological polar surface area (TPSA) is 88.1 Å². The largest absolute Gasteiger partial charge is 0.463 e. The molecule has 0 aliphatic rings.